The zero-order valence-corrected chi connectivity index (χ0v) is 19.9. The van der Waals surface area contributed by atoms with Gasteiger partial charge in [0.05, 0.1) is 29.8 Å². The van der Waals surface area contributed by atoms with Crippen LogP contribution in [0.4, 0.5) is 0 Å². The number of fused-ring (bicyclic) bond motifs is 1. The third kappa shape index (κ3) is 5.37. The van der Waals surface area contributed by atoms with Gasteiger partial charge in [0.2, 0.25) is 5.91 Å². The van der Waals surface area contributed by atoms with Crippen molar-refractivity contribution in [2.45, 2.75) is 88.0 Å². The van der Waals surface area contributed by atoms with Gasteiger partial charge < -0.3 is 9.64 Å². The molecule has 1 aromatic heterocycles. The van der Waals surface area contributed by atoms with Crippen LogP contribution in [0.1, 0.15) is 64.2 Å². The molecule has 6 nitrogen and oxygen atoms in total. The molecule has 2 aliphatic carbocycles. The van der Waals surface area contributed by atoms with Gasteiger partial charge in [0.25, 0.3) is 5.56 Å². The Morgan fingerprint density at radius 1 is 1.06 bits per heavy atom. The van der Waals surface area contributed by atoms with Crippen LogP contribution >= 0.6 is 11.8 Å². The van der Waals surface area contributed by atoms with Gasteiger partial charge >= 0.3 is 0 Å². The topological polar surface area (TPSA) is 64.4 Å². The summed E-state index contributed by atoms with van der Waals surface area (Å²) in [5.74, 6) is 0.527. The number of methoxy groups -OCH3 is 1. The largest absolute Gasteiger partial charge is 0.383 e. The number of nitrogens with zero attached hydrogens (tertiary/aromatic N) is 3. The van der Waals surface area contributed by atoms with Gasteiger partial charge in [-0.1, -0.05) is 62.4 Å². The van der Waals surface area contributed by atoms with E-state index in [1.165, 1.54) is 50.3 Å². The summed E-state index contributed by atoms with van der Waals surface area (Å²) in [4.78, 5) is 33.6. The average Bonchev–Trinajstić information content (AvgIpc) is 2.84. The van der Waals surface area contributed by atoms with E-state index in [0.717, 1.165) is 25.7 Å². The smallest absolute Gasteiger partial charge is 0.262 e. The molecule has 0 unspecified atom stereocenters. The van der Waals surface area contributed by atoms with Crippen molar-refractivity contribution in [2.24, 2.45) is 0 Å². The van der Waals surface area contributed by atoms with E-state index in [1.54, 1.807) is 17.7 Å². The molecular formula is C25H35N3O3S. The molecule has 1 amide bonds. The minimum absolute atomic E-state index is 0.0704. The number of aromatic nitrogens is 2. The first-order valence-corrected chi connectivity index (χ1v) is 13.1. The summed E-state index contributed by atoms with van der Waals surface area (Å²) in [6, 6.07) is 8.16. The third-order valence-electron chi connectivity index (χ3n) is 6.89. The summed E-state index contributed by atoms with van der Waals surface area (Å²) < 4.78 is 6.88. The van der Waals surface area contributed by atoms with E-state index < -0.39 is 0 Å². The quantitative estimate of drug-likeness (QED) is 0.427. The summed E-state index contributed by atoms with van der Waals surface area (Å²) >= 11 is 1.40. The molecule has 0 saturated heterocycles. The zero-order chi connectivity index (χ0) is 22.3. The number of hydrogen-bond donors (Lipinski definition) is 0. The highest BCUT2D eigenvalue weighted by molar-refractivity contribution is 7.99. The molecule has 2 fully saturated rings. The molecule has 2 aliphatic rings. The highest BCUT2D eigenvalue weighted by Crippen LogP contribution is 2.31. The highest BCUT2D eigenvalue weighted by atomic mass is 32.2. The van der Waals surface area contributed by atoms with Gasteiger partial charge in [0.1, 0.15) is 0 Å². The molecule has 0 atom stereocenters. The summed E-state index contributed by atoms with van der Waals surface area (Å²) in [6.45, 7) is 0.858. The van der Waals surface area contributed by atoms with Crippen LogP contribution in [0.25, 0.3) is 10.9 Å². The molecule has 0 aliphatic heterocycles. The summed E-state index contributed by atoms with van der Waals surface area (Å²) in [6.07, 6.45) is 11.9. The van der Waals surface area contributed by atoms with Crippen LogP contribution in [0.5, 0.6) is 0 Å². The Kier molecular flexibility index (Phi) is 8.25. The van der Waals surface area contributed by atoms with Crippen LogP contribution in [0.2, 0.25) is 0 Å². The van der Waals surface area contributed by atoms with Gasteiger partial charge in [-0.15, -0.1) is 0 Å². The number of thioether (sulfide) groups is 1. The van der Waals surface area contributed by atoms with E-state index in [0.29, 0.717) is 47.0 Å². The van der Waals surface area contributed by atoms with Crippen LogP contribution in [-0.4, -0.2) is 51.9 Å². The lowest BCUT2D eigenvalue weighted by atomic mass is 9.88. The lowest BCUT2D eigenvalue weighted by Crippen LogP contribution is -2.49. The number of hydrogen-bond acceptors (Lipinski definition) is 5. The Hall–Kier alpha value is -1.86. The van der Waals surface area contributed by atoms with Gasteiger partial charge in [-0.05, 0) is 37.8 Å². The molecule has 0 N–H and O–H groups in total. The van der Waals surface area contributed by atoms with Gasteiger partial charge in [0.15, 0.2) is 5.16 Å². The lowest BCUT2D eigenvalue weighted by molar-refractivity contribution is -0.135. The van der Waals surface area contributed by atoms with Crippen LogP contribution in [-0.2, 0) is 16.1 Å². The van der Waals surface area contributed by atoms with Crippen molar-refractivity contribution in [3.63, 3.8) is 0 Å². The van der Waals surface area contributed by atoms with Crippen LogP contribution in [0, 0.1) is 0 Å². The van der Waals surface area contributed by atoms with Crippen LogP contribution < -0.4 is 5.56 Å². The van der Waals surface area contributed by atoms with E-state index in [2.05, 4.69) is 4.90 Å². The minimum Gasteiger partial charge on any atom is -0.383 e. The second-order valence-corrected chi connectivity index (χ2v) is 9.98. The Morgan fingerprint density at radius 3 is 2.31 bits per heavy atom. The van der Waals surface area contributed by atoms with Crippen molar-refractivity contribution in [3.05, 3.63) is 34.6 Å². The number of carbonyl (C=O) groups excluding carboxylic acids is 1. The SMILES string of the molecule is COCCn1c(SCC(=O)N(C2CCCCC2)C2CCCCC2)nc2ccccc2c1=O. The van der Waals surface area contributed by atoms with Crippen molar-refractivity contribution >= 4 is 28.6 Å². The molecule has 1 heterocycles. The Balaban J connectivity index is 1.56. The third-order valence-corrected chi connectivity index (χ3v) is 7.86. The predicted octanol–water partition coefficient (Wildman–Crippen LogP) is 4.63. The number of benzene rings is 1. The first kappa shape index (κ1) is 23.3. The molecule has 1 aromatic carbocycles. The monoisotopic (exact) mass is 457 g/mol. The number of carbonyl (C=O) groups is 1. The maximum atomic E-state index is 13.6. The van der Waals surface area contributed by atoms with Gasteiger partial charge in [-0.3, -0.25) is 14.2 Å². The molecule has 0 bridgehead atoms. The van der Waals surface area contributed by atoms with Gasteiger partial charge in [-0.25, -0.2) is 4.98 Å². The second kappa shape index (κ2) is 11.3. The molecule has 32 heavy (non-hydrogen) atoms. The molecule has 2 aromatic rings. The maximum absolute atomic E-state index is 13.6. The van der Waals surface area contributed by atoms with Gasteiger partial charge in [0, 0.05) is 19.2 Å². The number of ether oxygens (including phenoxy) is 1. The second-order valence-electron chi connectivity index (χ2n) is 9.03. The highest BCUT2D eigenvalue weighted by Gasteiger charge is 2.32. The molecular weight excluding hydrogens is 422 g/mol. The first-order valence-electron chi connectivity index (χ1n) is 12.1. The fraction of sp³-hybridized carbons (Fsp3) is 0.640. The molecule has 0 spiro atoms. The first-order chi connectivity index (χ1) is 15.7. The number of para-hydroxylation sites is 1. The minimum atomic E-state index is -0.0704. The Morgan fingerprint density at radius 2 is 1.69 bits per heavy atom. The standard InChI is InChI=1S/C25H35N3O3S/c1-31-17-16-27-24(30)21-14-8-9-15-22(21)26-25(27)32-18-23(29)28(19-10-4-2-5-11-19)20-12-6-3-7-13-20/h8-9,14-15,19-20H,2-7,10-13,16-18H2,1H3. The Bertz CT molecular complexity index is 947. The van der Waals surface area contributed by atoms with Crippen molar-refractivity contribution in [1.82, 2.24) is 14.5 Å². The Labute approximate surface area is 194 Å². The van der Waals surface area contributed by atoms with E-state index in [9.17, 15) is 9.59 Å². The average molecular weight is 458 g/mol. The van der Waals surface area contributed by atoms with Crippen LogP contribution in [0.15, 0.2) is 34.2 Å². The summed E-state index contributed by atoms with van der Waals surface area (Å²) in [7, 11) is 1.63. The maximum Gasteiger partial charge on any atom is 0.262 e. The number of amides is 1. The summed E-state index contributed by atoms with van der Waals surface area (Å²) in [5, 5.41) is 1.21. The molecule has 4 rings (SSSR count). The fourth-order valence-electron chi connectivity index (χ4n) is 5.26. The van der Waals surface area contributed by atoms with Crippen molar-refractivity contribution in [2.75, 3.05) is 19.5 Å². The molecule has 7 heteroatoms. The van der Waals surface area contributed by atoms with Crippen molar-refractivity contribution < 1.29 is 9.53 Å². The van der Waals surface area contributed by atoms with E-state index >= 15 is 0 Å². The molecule has 174 valence electrons. The fourth-order valence-corrected chi connectivity index (χ4v) is 6.16. The van der Waals surface area contributed by atoms with Crippen LogP contribution in [0.3, 0.4) is 0 Å². The van der Waals surface area contributed by atoms with E-state index in [-0.39, 0.29) is 11.5 Å². The number of rotatable bonds is 8. The van der Waals surface area contributed by atoms with E-state index in [4.69, 9.17) is 9.72 Å². The van der Waals surface area contributed by atoms with Crippen molar-refractivity contribution in [1.29, 1.82) is 0 Å². The molecule has 2 saturated carbocycles. The van der Waals surface area contributed by atoms with Gasteiger partial charge in [-0.2, -0.15) is 0 Å². The normalized spacial score (nSPS) is 18.2. The lowest BCUT2D eigenvalue weighted by Gasteiger charge is -2.41. The van der Waals surface area contributed by atoms with Crippen molar-refractivity contribution in [3.8, 4) is 0 Å². The van der Waals surface area contributed by atoms with E-state index in [1.807, 2.05) is 18.2 Å². The summed E-state index contributed by atoms with van der Waals surface area (Å²) in [5.41, 5.74) is 0.608. The molecule has 0 radical (unpaired) electrons. The zero-order valence-electron chi connectivity index (χ0n) is 19.1. The predicted molar refractivity (Wildman–Crippen MR) is 129 cm³/mol.